The first-order valence-corrected chi connectivity index (χ1v) is 10.1. The van der Waals surface area contributed by atoms with E-state index in [0.717, 1.165) is 41.9 Å². The van der Waals surface area contributed by atoms with E-state index in [9.17, 15) is 18.0 Å². The summed E-state index contributed by atoms with van der Waals surface area (Å²) in [5.41, 5.74) is 3.88. The first-order valence-electron chi connectivity index (χ1n) is 10.1. The summed E-state index contributed by atoms with van der Waals surface area (Å²) in [6.07, 6.45) is -2.03. The van der Waals surface area contributed by atoms with E-state index >= 15 is 0 Å². The summed E-state index contributed by atoms with van der Waals surface area (Å²) in [6, 6.07) is 14.3. The molecule has 0 aliphatic heterocycles. The summed E-state index contributed by atoms with van der Waals surface area (Å²) < 4.78 is 48.5. The molecule has 1 aromatic heterocycles. The van der Waals surface area contributed by atoms with Gasteiger partial charge in [-0.25, -0.2) is 0 Å². The van der Waals surface area contributed by atoms with E-state index in [1.165, 1.54) is 24.3 Å². The summed E-state index contributed by atoms with van der Waals surface area (Å²) in [7, 11) is 0. The maximum Gasteiger partial charge on any atom is 0.573 e. The van der Waals surface area contributed by atoms with Gasteiger partial charge < -0.3 is 14.0 Å². The normalized spacial score (nSPS) is 16.0. The number of rotatable bonds is 4. The molecule has 31 heavy (non-hydrogen) atoms. The predicted octanol–water partition coefficient (Wildman–Crippen LogP) is 5.96. The zero-order valence-corrected chi connectivity index (χ0v) is 17.2. The molecule has 0 amide bonds. The number of alkyl halides is 3. The van der Waals surface area contributed by atoms with Gasteiger partial charge in [0.15, 0.2) is 5.43 Å². The lowest BCUT2D eigenvalue weighted by molar-refractivity contribution is -0.274. The van der Waals surface area contributed by atoms with Crippen LogP contribution in [0.2, 0.25) is 0 Å². The molecule has 7 heteroatoms. The Morgan fingerprint density at radius 2 is 1.55 bits per heavy atom. The van der Waals surface area contributed by atoms with E-state index in [2.05, 4.69) is 16.2 Å². The third-order valence-electron chi connectivity index (χ3n) is 5.42. The third-order valence-corrected chi connectivity index (χ3v) is 5.42. The van der Waals surface area contributed by atoms with Gasteiger partial charge in [-0.15, -0.1) is 13.2 Å². The largest absolute Gasteiger partial charge is 0.573 e. The number of ether oxygens (including phenoxy) is 2. The topological polar surface area (TPSA) is 40.5 Å². The van der Waals surface area contributed by atoms with Crippen LogP contribution in [0, 0.1) is 12.8 Å². The molecule has 2 aromatic carbocycles. The standard InChI is InChI=1S/C24H22F3NO3/c1-15-3-12-22-21(13-15)23(29)14-16(2)28(22)17-4-6-18(7-5-17)30-19-8-10-20(11-9-19)31-24(25,26)27/h4-11,14-15H,3,12-13H2,1-2H3. The van der Waals surface area contributed by atoms with E-state index in [-0.39, 0.29) is 11.2 Å². The number of hydrogen-bond acceptors (Lipinski definition) is 3. The molecule has 0 fully saturated rings. The lowest BCUT2D eigenvalue weighted by Crippen LogP contribution is -2.26. The van der Waals surface area contributed by atoms with Crippen molar-refractivity contribution in [2.45, 2.75) is 39.5 Å². The number of benzene rings is 2. The van der Waals surface area contributed by atoms with Gasteiger partial charge in [0.1, 0.15) is 17.2 Å². The Morgan fingerprint density at radius 3 is 2.16 bits per heavy atom. The number of nitrogens with zero attached hydrogens (tertiary/aromatic N) is 1. The maximum atomic E-state index is 12.5. The molecule has 0 radical (unpaired) electrons. The number of hydrogen-bond donors (Lipinski definition) is 0. The SMILES string of the molecule is Cc1cc(=O)c2c(n1-c1ccc(Oc3ccc(OC(F)(F)F)cc3)cc1)CCC(C)C2. The molecular formula is C24H22F3NO3. The predicted molar refractivity (Wildman–Crippen MR) is 111 cm³/mol. The Labute approximate surface area is 177 Å². The molecule has 1 atom stereocenters. The lowest BCUT2D eigenvalue weighted by Gasteiger charge is -2.26. The van der Waals surface area contributed by atoms with Crippen LogP contribution in [0.3, 0.4) is 0 Å². The fraction of sp³-hybridized carbons (Fsp3) is 0.292. The van der Waals surface area contributed by atoms with Crippen molar-refractivity contribution in [3.05, 3.63) is 81.8 Å². The van der Waals surface area contributed by atoms with Crippen molar-refractivity contribution in [3.8, 4) is 22.9 Å². The molecule has 0 saturated carbocycles. The Morgan fingerprint density at radius 1 is 0.968 bits per heavy atom. The summed E-state index contributed by atoms with van der Waals surface area (Å²) in [5.74, 6) is 1.14. The van der Waals surface area contributed by atoms with Crippen LogP contribution < -0.4 is 14.9 Å². The van der Waals surface area contributed by atoms with Gasteiger partial charge in [-0.2, -0.15) is 0 Å². The molecule has 0 saturated heterocycles. The molecule has 0 N–H and O–H groups in total. The summed E-state index contributed by atoms with van der Waals surface area (Å²) in [5, 5.41) is 0. The molecular weight excluding hydrogens is 407 g/mol. The van der Waals surface area contributed by atoms with Gasteiger partial charge in [-0.3, -0.25) is 4.79 Å². The van der Waals surface area contributed by atoms with E-state index in [0.29, 0.717) is 17.4 Å². The highest BCUT2D eigenvalue weighted by Crippen LogP contribution is 2.30. The van der Waals surface area contributed by atoms with Crippen molar-refractivity contribution in [1.29, 1.82) is 0 Å². The minimum absolute atomic E-state index is 0.105. The lowest BCUT2D eigenvalue weighted by atomic mass is 9.87. The van der Waals surface area contributed by atoms with Crippen molar-refractivity contribution in [2.24, 2.45) is 5.92 Å². The van der Waals surface area contributed by atoms with E-state index < -0.39 is 6.36 Å². The number of aromatic nitrogens is 1. The Balaban J connectivity index is 1.56. The van der Waals surface area contributed by atoms with Crippen molar-refractivity contribution >= 4 is 0 Å². The van der Waals surface area contributed by atoms with Crippen LogP contribution >= 0.6 is 0 Å². The average molecular weight is 429 g/mol. The number of pyridine rings is 1. The smallest absolute Gasteiger partial charge is 0.457 e. The molecule has 0 spiro atoms. The van der Waals surface area contributed by atoms with Gasteiger partial charge in [0.2, 0.25) is 0 Å². The highest BCUT2D eigenvalue weighted by molar-refractivity contribution is 5.44. The molecule has 162 valence electrons. The molecule has 0 bridgehead atoms. The average Bonchev–Trinajstić information content (AvgIpc) is 2.70. The third kappa shape index (κ3) is 4.76. The van der Waals surface area contributed by atoms with Crippen molar-refractivity contribution in [3.63, 3.8) is 0 Å². The minimum Gasteiger partial charge on any atom is -0.457 e. The Hall–Kier alpha value is -3.22. The number of halogens is 3. The second kappa shape index (κ2) is 8.13. The summed E-state index contributed by atoms with van der Waals surface area (Å²) >= 11 is 0. The molecule has 4 rings (SSSR count). The molecule has 1 unspecified atom stereocenters. The van der Waals surface area contributed by atoms with Gasteiger partial charge in [-0.1, -0.05) is 6.92 Å². The zero-order chi connectivity index (χ0) is 22.2. The maximum absolute atomic E-state index is 12.5. The second-order valence-corrected chi connectivity index (χ2v) is 7.87. The van der Waals surface area contributed by atoms with Crippen LogP contribution in [0.4, 0.5) is 13.2 Å². The van der Waals surface area contributed by atoms with Gasteiger partial charge in [0.25, 0.3) is 0 Å². The highest BCUT2D eigenvalue weighted by atomic mass is 19.4. The Kier molecular flexibility index (Phi) is 5.52. The van der Waals surface area contributed by atoms with E-state index in [4.69, 9.17) is 4.74 Å². The second-order valence-electron chi connectivity index (χ2n) is 7.87. The van der Waals surface area contributed by atoms with Crippen molar-refractivity contribution < 1.29 is 22.6 Å². The summed E-state index contributed by atoms with van der Waals surface area (Å²) in [6.45, 7) is 4.09. The van der Waals surface area contributed by atoms with Crippen LogP contribution in [0.1, 0.15) is 30.3 Å². The molecule has 4 nitrogen and oxygen atoms in total. The van der Waals surface area contributed by atoms with Gasteiger partial charge in [0, 0.05) is 28.7 Å². The van der Waals surface area contributed by atoms with Crippen LogP contribution in [-0.2, 0) is 12.8 Å². The van der Waals surface area contributed by atoms with Crippen LogP contribution in [-0.4, -0.2) is 10.9 Å². The quantitative estimate of drug-likeness (QED) is 0.514. The van der Waals surface area contributed by atoms with Gasteiger partial charge >= 0.3 is 6.36 Å². The first-order chi connectivity index (χ1) is 14.7. The summed E-state index contributed by atoms with van der Waals surface area (Å²) in [4.78, 5) is 12.5. The van der Waals surface area contributed by atoms with Gasteiger partial charge in [-0.05, 0) is 80.6 Å². The van der Waals surface area contributed by atoms with Crippen LogP contribution in [0.15, 0.2) is 59.4 Å². The van der Waals surface area contributed by atoms with E-state index in [1.54, 1.807) is 18.2 Å². The van der Waals surface area contributed by atoms with Crippen LogP contribution in [0.5, 0.6) is 17.2 Å². The molecule has 1 aliphatic rings. The van der Waals surface area contributed by atoms with E-state index in [1.807, 2.05) is 19.1 Å². The minimum atomic E-state index is -4.73. The Bertz CT molecular complexity index is 1130. The fourth-order valence-corrected chi connectivity index (χ4v) is 4.01. The number of aryl methyl sites for hydroxylation is 1. The number of fused-ring (bicyclic) bond motifs is 1. The molecule has 1 heterocycles. The zero-order valence-electron chi connectivity index (χ0n) is 17.2. The van der Waals surface area contributed by atoms with Gasteiger partial charge in [0.05, 0.1) is 0 Å². The first kappa shape index (κ1) is 21.0. The molecule has 3 aromatic rings. The fourth-order valence-electron chi connectivity index (χ4n) is 4.01. The molecule has 1 aliphatic carbocycles. The van der Waals surface area contributed by atoms with Crippen molar-refractivity contribution in [2.75, 3.05) is 0 Å². The van der Waals surface area contributed by atoms with Crippen LogP contribution in [0.25, 0.3) is 5.69 Å². The monoisotopic (exact) mass is 429 g/mol. The highest BCUT2D eigenvalue weighted by Gasteiger charge is 2.31. The van der Waals surface area contributed by atoms with Crippen molar-refractivity contribution in [1.82, 2.24) is 4.57 Å².